The summed E-state index contributed by atoms with van der Waals surface area (Å²) in [6, 6.07) is 20.3. The van der Waals surface area contributed by atoms with Gasteiger partial charge in [-0.15, -0.1) is 10.2 Å². The van der Waals surface area contributed by atoms with E-state index >= 15 is 0 Å². The normalized spacial score (nSPS) is 10.4. The minimum Gasteiger partial charge on any atom is -0.351 e. The van der Waals surface area contributed by atoms with E-state index in [1.807, 2.05) is 53.1 Å². The molecule has 0 bridgehead atoms. The summed E-state index contributed by atoms with van der Waals surface area (Å²) in [5.41, 5.74) is 2.27. The second-order valence-corrected chi connectivity index (χ2v) is 5.19. The van der Waals surface area contributed by atoms with Gasteiger partial charge < -0.3 is 5.32 Å². The Labute approximate surface area is 135 Å². The lowest BCUT2D eigenvalue weighted by Crippen LogP contribution is -2.15. The number of hydrogen-bond donors (Lipinski definition) is 1. The highest BCUT2D eigenvalue weighted by atomic mass is 16.1. The minimum absolute atomic E-state index is 0.358. The predicted octanol–water partition coefficient (Wildman–Crippen LogP) is 2.30. The Bertz CT molecular complexity index is 753. The van der Waals surface area contributed by atoms with E-state index in [1.165, 1.54) is 5.56 Å². The van der Waals surface area contributed by atoms with Gasteiger partial charge in [0.25, 0.3) is 0 Å². The van der Waals surface area contributed by atoms with Gasteiger partial charge in [0.05, 0.1) is 6.54 Å². The van der Waals surface area contributed by atoms with E-state index in [0.717, 1.165) is 30.2 Å². The Morgan fingerprint density at radius 2 is 1.52 bits per heavy atom. The lowest BCUT2D eigenvalue weighted by Gasteiger charge is -2.10. The van der Waals surface area contributed by atoms with Crippen molar-refractivity contribution < 1.29 is 4.79 Å². The highest BCUT2D eigenvalue weighted by molar-refractivity contribution is 5.46. The summed E-state index contributed by atoms with van der Waals surface area (Å²) in [4.78, 5) is 10.6. The fourth-order valence-electron chi connectivity index (χ4n) is 2.54. The summed E-state index contributed by atoms with van der Waals surface area (Å²) < 4.78 is 2.01. The molecule has 0 atom stereocenters. The van der Waals surface area contributed by atoms with Crippen LogP contribution in [0.25, 0.3) is 5.69 Å². The molecule has 0 saturated carbocycles. The molecule has 0 aliphatic rings. The largest absolute Gasteiger partial charge is 0.351 e. The zero-order valence-electron chi connectivity index (χ0n) is 12.7. The predicted molar refractivity (Wildman–Crippen MR) is 88.1 cm³/mol. The maximum absolute atomic E-state index is 10.6. The lowest BCUT2D eigenvalue weighted by atomic mass is 10.1. The van der Waals surface area contributed by atoms with E-state index in [9.17, 15) is 4.79 Å². The molecule has 1 N–H and O–H groups in total. The van der Waals surface area contributed by atoms with E-state index in [1.54, 1.807) is 0 Å². The summed E-state index contributed by atoms with van der Waals surface area (Å²) in [5, 5.41) is 11.2. The van der Waals surface area contributed by atoms with Crippen molar-refractivity contribution in [2.75, 3.05) is 0 Å². The van der Waals surface area contributed by atoms with E-state index in [4.69, 9.17) is 0 Å². The molecule has 5 nitrogen and oxygen atoms in total. The van der Waals surface area contributed by atoms with Crippen LogP contribution >= 0.6 is 0 Å². The molecule has 2 aromatic carbocycles. The van der Waals surface area contributed by atoms with Gasteiger partial charge in [-0.2, -0.15) is 0 Å². The van der Waals surface area contributed by atoms with Crippen LogP contribution in [0.2, 0.25) is 0 Å². The van der Waals surface area contributed by atoms with Gasteiger partial charge in [0.2, 0.25) is 6.41 Å². The monoisotopic (exact) mass is 306 g/mol. The highest BCUT2D eigenvalue weighted by Gasteiger charge is 2.13. The van der Waals surface area contributed by atoms with Gasteiger partial charge in [0.1, 0.15) is 5.82 Å². The van der Waals surface area contributed by atoms with E-state index in [-0.39, 0.29) is 0 Å². The molecule has 0 saturated heterocycles. The molecular formula is C18H18N4O. The molecule has 5 heteroatoms. The Hall–Kier alpha value is -2.95. The van der Waals surface area contributed by atoms with Crippen LogP contribution in [0.15, 0.2) is 60.7 Å². The second kappa shape index (κ2) is 7.35. The summed E-state index contributed by atoms with van der Waals surface area (Å²) in [6.45, 7) is 0.358. The molecule has 3 rings (SSSR count). The molecule has 0 fully saturated rings. The maximum atomic E-state index is 10.6. The number of nitrogens with one attached hydrogen (secondary N) is 1. The zero-order chi connectivity index (χ0) is 15.9. The van der Waals surface area contributed by atoms with Crippen molar-refractivity contribution in [3.63, 3.8) is 0 Å². The molecule has 1 amide bonds. The number of carbonyl (C=O) groups is 1. The standard InChI is InChI=1S/C18H18N4O/c23-14-19-13-18-21-20-17(12-11-15-7-3-1-4-8-15)22(18)16-9-5-2-6-10-16/h1-10,14H,11-13H2,(H,19,23). The van der Waals surface area contributed by atoms with Crippen molar-refractivity contribution in [2.24, 2.45) is 0 Å². The van der Waals surface area contributed by atoms with Crippen LogP contribution in [-0.2, 0) is 24.2 Å². The maximum Gasteiger partial charge on any atom is 0.207 e. The first kappa shape index (κ1) is 15.0. The van der Waals surface area contributed by atoms with E-state index in [0.29, 0.717) is 13.0 Å². The summed E-state index contributed by atoms with van der Waals surface area (Å²) in [6.07, 6.45) is 2.35. The number of aryl methyl sites for hydroxylation is 2. The topological polar surface area (TPSA) is 59.8 Å². The number of amides is 1. The Morgan fingerprint density at radius 3 is 2.22 bits per heavy atom. The Balaban J connectivity index is 1.87. The lowest BCUT2D eigenvalue weighted by molar-refractivity contribution is -0.109. The van der Waals surface area contributed by atoms with Gasteiger partial charge in [0, 0.05) is 12.1 Å². The number of rotatable bonds is 7. The smallest absolute Gasteiger partial charge is 0.207 e. The summed E-state index contributed by atoms with van der Waals surface area (Å²) >= 11 is 0. The van der Waals surface area contributed by atoms with Gasteiger partial charge >= 0.3 is 0 Å². The van der Waals surface area contributed by atoms with Crippen molar-refractivity contribution >= 4 is 6.41 Å². The molecule has 0 unspecified atom stereocenters. The van der Waals surface area contributed by atoms with E-state index in [2.05, 4.69) is 27.6 Å². The van der Waals surface area contributed by atoms with E-state index < -0.39 is 0 Å². The van der Waals surface area contributed by atoms with Gasteiger partial charge in [-0.3, -0.25) is 9.36 Å². The molecule has 23 heavy (non-hydrogen) atoms. The fourth-order valence-corrected chi connectivity index (χ4v) is 2.54. The van der Waals surface area contributed by atoms with Gasteiger partial charge in [-0.1, -0.05) is 48.5 Å². The third kappa shape index (κ3) is 3.63. The summed E-state index contributed by atoms with van der Waals surface area (Å²) in [7, 11) is 0. The second-order valence-electron chi connectivity index (χ2n) is 5.19. The third-order valence-corrected chi connectivity index (χ3v) is 3.64. The molecular weight excluding hydrogens is 288 g/mol. The van der Waals surface area contributed by atoms with Crippen molar-refractivity contribution in [1.29, 1.82) is 0 Å². The quantitative estimate of drug-likeness (QED) is 0.681. The Morgan fingerprint density at radius 1 is 0.870 bits per heavy atom. The summed E-state index contributed by atoms with van der Waals surface area (Å²) in [5.74, 6) is 1.62. The number of hydrogen-bond acceptors (Lipinski definition) is 3. The number of nitrogens with zero attached hydrogens (tertiary/aromatic N) is 3. The highest BCUT2D eigenvalue weighted by Crippen LogP contribution is 2.15. The molecule has 116 valence electrons. The first-order valence-electron chi connectivity index (χ1n) is 7.58. The first-order chi connectivity index (χ1) is 11.4. The molecule has 0 aliphatic carbocycles. The van der Waals surface area contributed by atoms with Gasteiger partial charge in [0.15, 0.2) is 5.82 Å². The van der Waals surface area contributed by atoms with Crippen LogP contribution in [0.3, 0.4) is 0 Å². The first-order valence-corrected chi connectivity index (χ1v) is 7.58. The number of benzene rings is 2. The Kier molecular flexibility index (Phi) is 4.79. The molecule has 1 heterocycles. The number of carbonyl (C=O) groups excluding carboxylic acids is 1. The van der Waals surface area contributed by atoms with Crippen molar-refractivity contribution in [2.45, 2.75) is 19.4 Å². The van der Waals surface area contributed by atoms with Crippen molar-refractivity contribution in [1.82, 2.24) is 20.1 Å². The van der Waals surface area contributed by atoms with Crippen molar-refractivity contribution in [3.8, 4) is 5.69 Å². The molecule has 3 aromatic rings. The average Bonchev–Trinajstić information content (AvgIpc) is 3.02. The SMILES string of the molecule is O=CNCc1nnc(CCc2ccccc2)n1-c1ccccc1. The van der Waals surface area contributed by atoms with Crippen LogP contribution in [0.5, 0.6) is 0 Å². The van der Waals surface area contributed by atoms with Crippen LogP contribution in [0.1, 0.15) is 17.2 Å². The molecule has 0 aliphatic heterocycles. The van der Waals surface area contributed by atoms with Crippen LogP contribution < -0.4 is 5.32 Å². The van der Waals surface area contributed by atoms with Crippen LogP contribution in [-0.4, -0.2) is 21.2 Å². The molecule has 1 aromatic heterocycles. The third-order valence-electron chi connectivity index (χ3n) is 3.64. The number of para-hydroxylation sites is 1. The van der Waals surface area contributed by atoms with Crippen LogP contribution in [0, 0.1) is 0 Å². The fraction of sp³-hybridized carbons (Fsp3) is 0.167. The molecule has 0 spiro atoms. The minimum atomic E-state index is 0.358. The van der Waals surface area contributed by atoms with Crippen LogP contribution in [0.4, 0.5) is 0 Å². The van der Waals surface area contributed by atoms with Crippen molar-refractivity contribution in [3.05, 3.63) is 77.9 Å². The van der Waals surface area contributed by atoms with Gasteiger partial charge in [-0.25, -0.2) is 0 Å². The zero-order valence-corrected chi connectivity index (χ0v) is 12.7. The van der Waals surface area contributed by atoms with Gasteiger partial charge in [-0.05, 0) is 24.1 Å². The average molecular weight is 306 g/mol. The number of aromatic nitrogens is 3. The molecule has 0 radical (unpaired) electrons.